The van der Waals surface area contributed by atoms with Gasteiger partial charge in [-0.05, 0) is 26.9 Å². The van der Waals surface area contributed by atoms with Gasteiger partial charge in [0.15, 0.2) is 0 Å². The summed E-state index contributed by atoms with van der Waals surface area (Å²) in [4.78, 5) is 2.47. The molecule has 0 spiro atoms. The lowest BCUT2D eigenvalue weighted by molar-refractivity contribution is 0.199. The molecule has 0 aromatic rings. The number of hydrogen-bond donors (Lipinski definition) is 2. The molecular weight excluding hydrogens is 138 g/mol. The maximum atomic E-state index is 3.39. The number of nitrogens with one attached hydrogen (secondary N) is 2. The summed E-state index contributed by atoms with van der Waals surface area (Å²) in [6.45, 7) is 6.90. The highest BCUT2D eigenvalue weighted by atomic mass is 15.3. The maximum Gasteiger partial charge on any atom is 0.0566 e. The van der Waals surface area contributed by atoms with E-state index >= 15 is 0 Å². The lowest BCUT2D eigenvalue weighted by Crippen LogP contribution is -2.43. The quantitative estimate of drug-likeness (QED) is 0.583. The molecular formula is C8H19N3. The molecule has 3 nitrogen and oxygen atoms in total. The summed E-state index contributed by atoms with van der Waals surface area (Å²) in [5, 5.41) is 6.65. The molecule has 1 aliphatic heterocycles. The van der Waals surface area contributed by atoms with Crippen LogP contribution in [0.1, 0.15) is 13.3 Å². The zero-order valence-electron chi connectivity index (χ0n) is 7.56. The minimum Gasteiger partial charge on any atom is -0.315 e. The van der Waals surface area contributed by atoms with Crippen LogP contribution in [0.2, 0.25) is 0 Å². The van der Waals surface area contributed by atoms with Crippen molar-refractivity contribution in [3.8, 4) is 0 Å². The average Bonchev–Trinajstić information content (AvgIpc) is 2.30. The fraction of sp³-hybridized carbons (Fsp3) is 1.00. The number of hydrogen-bond acceptors (Lipinski definition) is 3. The zero-order chi connectivity index (χ0) is 8.10. The summed E-state index contributed by atoms with van der Waals surface area (Å²) in [5.74, 6) is 0. The Bertz CT molecular complexity index is 97.5. The van der Waals surface area contributed by atoms with Gasteiger partial charge in [-0.3, -0.25) is 4.90 Å². The molecule has 0 saturated carbocycles. The first-order chi connectivity index (χ1) is 5.34. The minimum atomic E-state index is 0.523. The highest BCUT2D eigenvalue weighted by Gasteiger charge is 2.12. The van der Waals surface area contributed by atoms with E-state index in [1.165, 1.54) is 26.1 Å². The van der Waals surface area contributed by atoms with E-state index in [4.69, 9.17) is 0 Å². The van der Waals surface area contributed by atoms with E-state index in [1.807, 2.05) is 7.05 Å². The van der Waals surface area contributed by atoms with E-state index in [0.29, 0.717) is 6.17 Å². The lowest BCUT2D eigenvalue weighted by atomic mass is 10.3. The predicted molar refractivity (Wildman–Crippen MR) is 47.6 cm³/mol. The van der Waals surface area contributed by atoms with Gasteiger partial charge in [0.2, 0.25) is 0 Å². The van der Waals surface area contributed by atoms with Crippen LogP contribution in [0.5, 0.6) is 0 Å². The van der Waals surface area contributed by atoms with Gasteiger partial charge < -0.3 is 10.6 Å². The first-order valence-corrected chi connectivity index (χ1v) is 4.46. The van der Waals surface area contributed by atoms with Crippen molar-refractivity contribution in [1.82, 2.24) is 15.5 Å². The van der Waals surface area contributed by atoms with Crippen molar-refractivity contribution in [1.29, 1.82) is 0 Å². The van der Waals surface area contributed by atoms with Gasteiger partial charge in [0, 0.05) is 19.6 Å². The SMILES string of the molecule is CNC(C)N1CCCNCC1. The van der Waals surface area contributed by atoms with E-state index in [1.54, 1.807) is 0 Å². The molecule has 3 heteroatoms. The molecule has 1 aliphatic rings. The van der Waals surface area contributed by atoms with Gasteiger partial charge in [0.25, 0.3) is 0 Å². The molecule has 0 radical (unpaired) electrons. The standard InChI is InChI=1S/C8H19N3/c1-8(9-2)11-6-3-4-10-5-7-11/h8-10H,3-7H2,1-2H3. The largest absolute Gasteiger partial charge is 0.315 e. The average molecular weight is 157 g/mol. The van der Waals surface area contributed by atoms with Crippen LogP contribution in [-0.4, -0.2) is 44.3 Å². The molecule has 1 heterocycles. The van der Waals surface area contributed by atoms with Crippen LogP contribution < -0.4 is 10.6 Å². The van der Waals surface area contributed by atoms with Crippen LogP contribution in [-0.2, 0) is 0 Å². The molecule has 2 N–H and O–H groups in total. The number of nitrogens with zero attached hydrogens (tertiary/aromatic N) is 1. The van der Waals surface area contributed by atoms with Crippen molar-refractivity contribution >= 4 is 0 Å². The molecule has 0 aromatic heterocycles. The first kappa shape index (κ1) is 8.97. The molecule has 0 aromatic carbocycles. The van der Waals surface area contributed by atoms with Crippen molar-refractivity contribution < 1.29 is 0 Å². The summed E-state index contributed by atoms with van der Waals surface area (Å²) >= 11 is 0. The summed E-state index contributed by atoms with van der Waals surface area (Å²) in [6, 6.07) is 0. The lowest BCUT2D eigenvalue weighted by Gasteiger charge is -2.26. The van der Waals surface area contributed by atoms with Crippen molar-refractivity contribution in [2.75, 3.05) is 33.2 Å². The van der Waals surface area contributed by atoms with Crippen molar-refractivity contribution in [3.63, 3.8) is 0 Å². The molecule has 0 aliphatic carbocycles. The Morgan fingerprint density at radius 3 is 2.91 bits per heavy atom. The predicted octanol–water partition coefficient (Wildman–Crippen LogP) is -0.153. The van der Waals surface area contributed by atoms with Crippen LogP contribution in [0.25, 0.3) is 0 Å². The zero-order valence-corrected chi connectivity index (χ0v) is 7.56. The van der Waals surface area contributed by atoms with Gasteiger partial charge in [-0.25, -0.2) is 0 Å². The molecule has 1 atom stereocenters. The molecule has 1 rings (SSSR count). The summed E-state index contributed by atoms with van der Waals surface area (Å²) < 4.78 is 0. The third-order valence-electron chi connectivity index (χ3n) is 2.34. The van der Waals surface area contributed by atoms with Gasteiger partial charge in [-0.15, -0.1) is 0 Å². The van der Waals surface area contributed by atoms with Crippen LogP contribution >= 0.6 is 0 Å². The fourth-order valence-electron chi connectivity index (χ4n) is 1.44. The van der Waals surface area contributed by atoms with Crippen LogP contribution in [0.3, 0.4) is 0 Å². The highest BCUT2D eigenvalue weighted by Crippen LogP contribution is 1.98. The van der Waals surface area contributed by atoms with Gasteiger partial charge in [0.1, 0.15) is 0 Å². The van der Waals surface area contributed by atoms with Crippen molar-refractivity contribution in [2.24, 2.45) is 0 Å². The van der Waals surface area contributed by atoms with Gasteiger partial charge in [0.05, 0.1) is 6.17 Å². The van der Waals surface area contributed by atoms with Gasteiger partial charge in [-0.1, -0.05) is 0 Å². The highest BCUT2D eigenvalue weighted by molar-refractivity contribution is 4.69. The van der Waals surface area contributed by atoms with Crippen LogP contribution in [0, 0.1) is 0 Å². The maximum absolute atomic E-state index is 3.39. The molecule has 1 fully saturated rings. The molecule has 1 unspecified atom stereocenters. The second-order valence-electron chi connectivity index (χ2n) is 3.10. The van der Waals surface area contributed by atoms with Crippen LogP contribution in [0.4, 0.5) is 0 Å². The second kappa shape index (κ2) is 4.70. The Balaban J connectivity index is 2.30. The van der Waals surface area contributed by atoms with Gasteiger partial charge >= 0.3 is 0 Å². The topological polar surface area (TPSA) is 27.3 Å². The first-order valence-electron chi connectivity index (χ1n) is 4.46. The molecule has 0 amide bonds. The third-order valence-corrected chi connectivity index (χ3v) is 2.34. The minimum absolute atomic E-state index is 0.523. The Kier molecular flexibility index (Phi) is 3.83. The normalized spacial score (nSPS) is 24.5. The van der Waals surface area contributed by atoms with E-state index in [-0.39, 0.29) is 0 Å². The number of rotatable bonds is 2. The smallest absolute Gasteiger partial charge is 0.0566 e. The van der Waals surface area contributed by atoms with Gasteiger partial charge in [-0.2, -0.15) is 0 Å². The van der Waals surface area contributed by atoms with E-state index < -0.39 is 0 Å². The summed E-state index contributed by atoms with van der Waals surface area (Å²) in [6.07, 6.45) is 1.79. The molecule has 0 bridgehead atoms. The molecule has 66 valence electrons. The third kappa shape index (κ3) is 2.77. The fourth-order valence-corrected chi connectivity index (χ4v) is 1.44. The van der Waals surface area contributed by atoms with E-state index in [9.17, 15) is 0 Å². The second-order valence-corrected chi connectivity index (χ2v) is 3.10. The monoisotopic (exact) mass is 157 g/mol. The molecule has 11 heavy (non-hydrogen) atoms. The Labute approximate surface area is 69.1 Å². The van der Waals surface area contributed by atoms with Crippen molar-refractivity contribution in [3.05, 3.63) is 0 Å². The Morgan fingerprint density at radius 2 is 2.18 bits per heavy atom. The Morgan fingerprint density at radius 1 is 1.36 bits per heavy atom. The Hall–Kier alpha value is -0.120. The van der Waals surface area contributed by atoms with E-state index in [2.05, 4.69) is 22.5 Å². The summed E-state index contributed by atoms with van der Waals surface area (Å²) in [5.41, 5.74) is 0. The molecule has 1 saturated heterocycles. The van der Waals surface area contributed by atoms with Crippen molar-refractivity contribution in [2.45, 2.75) is 19.5 Å². The van der Waals surface area contributed by atoms with Crippen LogP contribution in [0.15, 0.2) is 0 Å². The summed E-state index contributed by atoms with van der Waals surface area (Å²) in [7, 11) is 2.02. The van der Waals surface area contributed by atoms with E-state index in [0.717, 1.165) is 6.54 Å².